The topological polar surface area (TPSA) is 95.9 Å². The average Bonchev–Trinajstić information content (AvgIpc) is 3.13. The van der Waals surface area contributed by atoms with Gasteiger partial charge in [0.1, 0.15) is 12.3 Å². The maximum atomic E-state index is 12.5. The molecule has 2 aliphatic heterocycles. The lowest BCUT2D eigenvalue weighted by Crippen LogP contribution is -2.47. The molecule has 2 atom stereocenters. The minimum absolute atomic E-state index is 0.257. The fourth-order valence-electron chi connectivity index (χ4n) is 2.60. The molecule has 2 fully saturated rings. The molecule has 2 saturated heterocycles. The number of aliphatic hydroxyl groups is 1. The number of aliphatic hydroxyl groups excluding tert-OH is 1. The number of rotatable bonds is 5. The van der Waals surface area contributed by atoms with Crippen LogP contribution in [0.5, 0.6) is 5.75 Å². The lowest BCUT2D eigenvalue weighted by molar-refractivity contribution is -0.129. The summed E-state index contributed by atoms with van der Waals surface area (Å²) < 4.78 is 5.14. The van der Waals surface area contributed by atoms with E-state index in [9.17, 15) is 19.5 Å². The number of ether oxygens (including phenoxy) is 1. The normalized spacial score (nSPS) is 24.4. The Hall–Kier alpha value is -1.97. The number of carbonyl (C=O) groups excluding carboxylic acids is 3. The number of methoxy groups -OCH3 is 1. The Morgan fingerprint density at radius 3 is 2.92 bits per heavy atom. The third kappa shape index (κ3) is 4.22. The minimum Gasteiger partial charge on any atom is -0.497 e. The van der Waals surface area contributed by atoms with Crippen molar-refractivity contribution in [1.82, 2.24) is 10.2 Å². The van der Waals surface area contributed by atoms with Crippen LogP contribution in [0.25, 0.3) is 6.08 Å². The van der Waals surface area contributed by atoms with E-state index in [0.717, 1.165) is 22.2 Å². The van der Waals surface area contributed by atoms with Gasteiger partial charge in [0, 0.05) is 11.5 Å². The predicted molar refractivity (Wildman–Crippen MR) is 101 cm³/mol. The van der Waals surface area contributed by atoms with E-state index in [1.807, 2.05) is 0 Å². The molecular weight excluding hydrogens is 376 g/mol. The van der Waals surface area contributed by atoms with Gasteiger partial charge in [-0.2, -0.15) is 11.8 Å². The highest BCUT2D eigenvalue weighted by molar-refractivity contribution is 8.18. The third-order valence-electron chi connectivity index (χ3n) is 3.96. The summed E-state index contributed by atoms with van der Waals surface area (Å²) in [6.07, 6.45) is 0.995. The van der Waals surface area contributed by atoms with Crippen molar-refractivity contribution in [3.8, 4) is 5.75 Å². The fourth-order valence-corrected chi connectivity index (χ4v) is 4.60. The molecular formula is C17H18N2O5S2. The summed E-state index contributed by atoms with van der Waals surface area (Å²) >= 11 is 2.34. The second-order valence-corrected chi connectivity index (χ2v) is 7.89. The second-order valence-electron chi connectivity index (χ2n) is 5.82. The van der Waals surface area contributed by atoms with Crippen LogP contribution in [-0.4, -0.2) is 64.4 Å². The van der Waals surface area contributed by atoms with E-state index >= 15 is 0 Å². The lowest BCUT2D eigenvalue weighted by Gasteiger charge is -2.18. The summed E-state index contributed by atoms with van der Waals surface area (Å²) in [6.45, 7) is -0.353. The van der Waals surface area contributed by atoms with E-state index in [1.54, 1.807) is 49.2 Å². The summed E-state index contributed by atoms with van der Waals surface area (Å²) in [5, 5.41) is 11.9. The number of nitrogens with one attached hydrogen (secondary N) is 1. The zero-order valence-corrected chi connectivity index (χ0v) is 15.6. The molecule has 0 radical (unpaired) electrons. The van der Waals surface area contributed by atoms with Crippen LogP contribution in [0.3, 0.4) is 0 Å². The van der Waals surface area contributed by atoms with Crippen LogP contribution in [0, 0.1) is 0 Å². The summed E-state index contributed by atoms with van der Waals surface area (Å²) in [5.74, 6) is 0.867. The van der Waals surface area contributed by atoms with Gasteiger partial charge < -0.3 is 15.2 Å². The van der Waals surface area contributed by atoms with Gasteiger partial charge in [-0.1, -0.05) is 12.1 Å². The number of nitrogens with zero attached hydrogens (tertiary/aromatic N) is 1. The number of hydrogen-bond donors (Lipinski definition) is 2. The standard InChI is InChI=1S/C17H18N2O5S2/c1-24-11-4-2-3-10(5-11)6-14-16(22)19(17(23)26-14)7-15(21)18-12-8-25-9-13(12)20/h2-6,12-13,20H,7-9H2,1H3,(H,18,21)/b14-6-. The fraction of sp³-hybridized carbons (Fsp3) is 0.353. The van der Waals surface area contributed by atoms with Crippen molar-refractivity contribution < 1.29 is 24.2 Å². The highest BCUT2D eigenvalue weighted by Gasteiger charge is 2.37. The largest absolute Gasteiger partial charge is 0.497 e. The van der Waals surface area contributed by atoms with Crippen LogP contribution in [0.15, 0.2) is 29.2 Å². The molecule has 3 rings (SSSR count). The summed E-state index contributed by atoms with van der Waals surface area (Å²) in [7, 11) is 1.55. The molecule has 7 nitrogen and oxygen atoms in total. The first-order valence-corrected chi connectivity index (χ1v) is 9.89. The van der Waals surface area contributed by atoms with Crippen molar-refractivity contribution in [3.63, 3.8) is 0 Å². The van der Waals surface area contributed by atoms with Gasteiger partial charge in [-0.3, -0.25) is 19.3 Å². The van der Waals surface area contributed by atoms with Gasteiger partial charge in [0.25, 0.3) is 11.1 Å². The smallest absolute Gasteiger partial charge is 0.294 e. The number of thioether (sulfide) groups is 2. The molecule has 3 amide bonds. The van der Waals surface area contributed by atoms with Crippen LogP contribution in [0.1, 0.15) is 5.56 Å². The van der Waals surface area contributed by atoms with Crippen LogP contribution < -0.4 is 10.1 Å². The van der Waals surface area contributed by atoms with Gasteiger partial charge in [0.2, 0.25) is 5.91 Å². The summed E-state index contributed by atoms with van der Waals surface area (Å²) in [6, 6.07) is 6.76. The van der Waals surface area contributed by atoms with Gasteiger partial charge in [-0.05, 0) is 35.5 Å². The van der Waals surface area contributed by atoms with Crippen LogP contribution in [0.2, 0.25) is 0 Å². The number of hydrogen-bond acceptors (Lipinski definition) is 7. The van der Waals surface area contributed by atoms with E-state index in [1.165, 1.54) is 0 Å². The molecule has 2 unspecified atom stereocenters. The van der Waals surface area contributed by atoms with Crippen molar-refractivity contribution in [2.45, 2.75) is 12.1 Å². The third-order valence-corrected chi connectivity index (χ3v) is 6.04. The van der Waals surface area contributed by atoms with E-state index in [4.69, 9.17) is 4.74 Å². The highest BCUT2D eigenvalue weighted by atomic mass is 32.2. The number of benzene rings is 1. The Balaban J connectivity index is 1.66. The lowest BCUT2D eigenvalue weighted by atomic mass is 10.2. The molecule has 1 aromatic carbocycles. The van der Waals surface area contributed by atoms with Crippen LogP contribution in [0.4, 0.5) is 4.79 Å². The molecule has 26 heavy (non-hydrogen) atoms. The zero-order valence-electron chi connectivity index (χ0n) is 14.0. The molecule has 0 aliphatic carbocycles. The number of carbonyl (C=O) groups is 3. The summed E-state index contributed by atoms with van der Waals surface area (Å²) in [4.78, 5) is 37.9. The van der Waals surface area contributed by atoms with Crippen LogP contribution >= 0.6 is 23.5 Å². The molecule has 2 N–H and O–H groups in total. The number of amides is 3. The monoisotopic (exact) mass is 394 g/mol. The van der Waals surface area contributed by atoms with E-state index in [0.29, 0.717) is 17.3 Å². The van der Waals surface area contributed by atoms with Crippen molar-refractivity contribution in [1.29, 1.82) is 0 Å². The zero-order chi connectivity index (χ0) is 18.7. The van der Waals surface area contributed by atoms with E-state index in [2.05, 4.69) is 5.32 Å². The van der Waals surface area contributed by atoms with Crippen molar-refractivity contribution in [2.24, 2.45) is 0 Å². The second kappa shape index (κ2) is 8.15. The maximum Gasteiger partial charge on any atom is 0.294 e. The maximum absolute atomic E-state index is 12.5. The molecule has 138 valence electrons. The molecule has 0 spiro atoms. The van der Waals surface area contributed by atoms with Gasteiger partial charge in [-0.25, -0.2) is 0 Å². The molecule has 1 aromatic rings. The molecule has 9 heteroatoms. The van der Waals surface area contributed by atoms with Gasteiger partial charge >= 0.3 is 0 Å². The Labute approximate surface area is 159 Å². The van der Waals surface area contributed by atoms with Gasteiger partial charge in [0.05, 0.1) is 24.2 Å². The molecule has 2 aliphatic rings. The highest BCUT2D eigenvalue weighted by Crippen LogP contribution is 2.32. The Kier molecular flexibility index (Phi) is 5.90. The molecule has 0 aromatic heterocycles. The predicted octanol–water partition coefficient (Wildman–Crippen LogP) is 1.32. The first-order valence-electron chi connectivity index (χ1n) is 7.92. The molecule has 0 bridgehead atoms. The Morgan fingerprint density at radius 1 is 1.42 bits per heavy atom. The first-order chi connectivity index (χ1) is 12.5. The van der Waals surface area contributed by atoms with Crippen LogP contribution in [-0.2, 0) is 9.59 Å². The SMILES string of the molecule is COc1cccc(/C=C2\SC(=O)N(CC(=O)NC3CSCC3O)C2=O)c1. The van der Waals surface area contributed by atoms with Gasteiger partial charge in [0.15, 0.2) is 0 Å². The van der Waals surface area contributed by atoms with Crippen molar-refractivity contribution in [2.75, 3.05) is 25.2 Å². The molecule has 2 heterocycles. The average molecular weight is 394 g/mol. The van der Waals surface area contributed by atoms with Crippen molar-refractivity contribution in [3.05, 3.63) is 34.7 Å². The first kappa shape index (κ1) is 18.8. The van der Waals surface area contributed by atoms with E-state index in [-0.39, 0.29) is 17.5 Å². The van der Waals surface area contributed by atoms with Gasteiger partial charge in [-0.15, -0.1) is 0 Å². The Morgan fingerprint density at radius 2 is 2.23 bits per heavy atom. The quantitative estimate of drug-likeness (QED) is 0.727. The molecule has 0 saturated carbocycles. The summed E-state index contributed by atoms with van der Waals surface area (Å²) in [5.41, 5.74) is 0.727. The minimum atomic E-state index is -0.605. The number of imide groups is 1. The van der Waals surface area contributed by atoms with Crippen molar-refractivity contribution >= 4 is 46.7 Å². The Bertz CT molecular complexity index is 767. The van der Waals surface area contributed by atoms with E-state index < -0.39 is 23.2 Å².